The Balaban J connectivity index is 1.85. The Morgan fingerprint density at radius 3 is 2.87 bits per heavy atom. The molecule has 15 heavy (non-hydrogen) atoms. The first-order valence-corrected chi connectivity index (χ1v) is 5.63. The maximum Gasteiger partial charge on any atom is 0.408 e. The molecule has 0 aromatic rings. The second-order valence-corrected chi connectivity index (χ2v) is 5.64. The van der Waals surface area contributed by atoms with Crippen molar-refractivity contribution in [3.63, 3.8) is 0 Å². The molecule has 0 spiro atoms. The Morgan fingerprint density at radius 2 is 2.27 bits per heavy atom. The van der Waals surface area contributed by atoms with E-state index in [9.17, 15) is 4.79 Å². The number of carbonyl (C=O) groups excluding carboxylic acids is 1. The maximum atomic E-state index is 11.6. The number of alkyl carbamates (subject to hydrolysis) is 1. The molecule has 1 aliphatic heterocycles. The van der Waals surface area contributed by atoms with Gasteiger partial charge in [0.05, 0.1) is 0 Å². The van der Waals surface area contributed by atoms with Crippen molar-refractivity contribution < 1.29 is 9.53 Å². The van der Waals surface area contributed by atoms with Gasteiger partial charge in [-0.3, -0.25) is 0 Å². The molecule has 1 heterocycles. The van der Waals surface area contributed by atoms with E-state index in [1.165, 1.54) is 0 Å². The zero-order valence-electron chi connectivity index (χ0n) is 9.72. The second-order valence-electron chi connectivity index (χ2n) is 5.64. The van der Waals surface area contributed by atoms with Crippen molar-refractivity contribution in [2.45, 2.75) is 44.8 Å². The Kier molecular flexibility index (Phi) is 2.41. The smallest absolute Gasteiger partial charge is 0.408 e. The molecule has 1 saturated heterocycles. The lowest BCUT2D eigenvalue weighted by Crippen LogP contribution is -2.47. The van der Waals surface area contributed by atoms with Crippen molar-refractivity contribution in [2.75, 3.05) is 13.1 Å². The molecule has 4 nitrogen and oxygen atoms in total. The Morgan fingerprint density at radius 1 is 1.53 bits per heavy atom. The predicted octanol–water partition coefficient (Wildman–Crippen LogP) is 1.26. The van der Waals surface area contributed by atoms with E-state index >= 15 is 0 Å². The number of carbonyl (C=O) groups is 1. The normalized spacial score (nSPS) is 34.2. The molecule has 2 fully saturated rings. The largest absolute Gasteiger partial charge is 0.444 e. The monoisotopic (exact) mass is 212 g/mol. The van der Waals surface area contributed by atoms with Gasteiger partial charge in [-0.1, -0.05) is 0 Å². The SMILES string of the molecule is CC(C)(C)OC(=O)N[C@]12CCNC[C@@H]1C2. The first kappa shape index (κ1) is 10.7. The number of ether oxygens (including phenoxy) is 1. The summed E-state index contributed by atoms with van der Waals surface area (Å²) >= 11 is 0. The minimum Gasteiger partial charge on any atom is -0.444 e. The highest BCUT2D eigenvalue weighted by molar-refractivity contribution is 5.69. The van der Waals surface area contributed by atoms with E-state index < -0.39 is 5.60 Å². The van der Waals surface area contributed by atoms with Gasteiger partial charge >= 0.3 is 6.09 Å². The zero-order valence-corrected chi connectivity index (χ0v) is 9.72. The first-order valence-electron chi connectivity index (χ1n) is 5.63. The summed E-state index contributed by atoms with van der Waals surface area (Å²) in [4.78, 5) is 11.6. The van der Waals surface area contributed by atoms with Crippen LogP contribution < -0.4 is 10.6 Å². The molecule has 4 heteroatoms. The third-order valence-electron chi connectivity index (χ3n) is 3.12. The fraction of sp³-hybridized carbons (Fsp3) is 0.909. The van der Waals surface area contributed by atoms with Gasteiger partial charge in [-0.05, 0) is 46.1 Å². The van der Waals surface area contributed by atoms with E-state index in [2.05, 4.69) is 10.6 Å². The van der Waals surface area contributed by atoms with Crippen LogP contribution in [-0.4, -0.2) is 30.3 Å². The topological polar surface area (TPSA) is 50.4 Å². The molecule has 2 atom stereocenters. The maximum absolute atomic E-state index is 11.6. The van der Waals surface area contributed by atoms with Crippen LogP contribution in [0.4, 0.5) is 4.79 Å². The average molecular weight is 212 g/mol. The molecule has 86 valence electrons. The second kappa shape index (κ2) is 3.37. The fourth-order valence-corrected chi connectivity index (χ4v) is 2.26. The van der Waals surface area contributed by atoms with Crippen LogP contribution in [0.2, 0.25) is 0 Å². The molecular weight excluding hydrogens is 192 g/mol. The van der Waals surface area contributed by atoms with E-state index in [1.54, 1.807) is 0 Å². The number of hydrogen-bond donors (Lipinski definition) is 2. The molecule has 1 amide bonds. The average Bonchev–Trinajstić information content (AvgIpc) is 2.73. The van der Waals surface area contributed by atoms with Gasteiger partial charge in [0.1, 0.15) is 5.60 Å². The third-order valence-corrected chi connectivity index (χ3v) is 3.12. The molecule has 0 radical (unpaired) electrons. The molecular formula is C11H20N2O2. The van der Waals surface area contributed by atoms with Gasteiger partial charge in [-0.2, -0.15) is 0 Å². The zero-order chi connectivity index (χ0) is 11.1. The van der Waals surface area contributed by atoms with Crippen LogP contribution >= 0.6 is 0 Å². The summed E-state index contributed by atoms with van der Waals surface area (Å²) in [5.41, 5.74) is -0.356. The van der Waals surface area contributed by atoms with E-state index in [0.717, 1.165) is 25.9 Å². The predicted molar refractivity (Wildman–Crippen MR) is 57.7 cm³/mol. The van der Waals surface area contributed by atoms with Crippen LogP contribution in [0.5, 0.6) is 0 Å². The lowest BCUT2D eigenvalue weighted by Gasteiger charge is -2.26. The van der Waals surface area contributed by atoms with Crippen LogP contribution in [0.3, 0.4) is 0 Å². The standard InChI is InChI=1S/C11H20N2O2/c1-10(2,3)15-9(14)13-11-4-5-12-7-8(11)6-11/h8,12H,4-7H2,1-3H3,(H,13,14)/t8-,11-/m0/s1. The molecule has 1 aliphatic carbocycles. The lowest BCUT2D eigenvalue weighted by atomic mass is 10.1. The van der Waals surface area contributed by atoms with E-state index in [0.29, 0.717) is 5.92 Å². The summed E-state index contributed by atoms with van der Waals surface area (Å²) in [6.45, 7) is 7.67. The number of rotatable bonds is 1. The van der Waals surface area contributed by atoms with Crippen molar-refractivity contribution in [1.82, 2.24) is 10.6 Å². The third kappa shape index (κ3) is 2.43. The van der Waals surface area contributed by atoms with Gasteiger partial charge in [0.15, 0.2) is 0 Å². The number of amides is 1. The molecule has 1 saturated carbocycles. The molecule has 0 aromatic carbocycles. The highest BCUT2D eigenvalue weighted by Gasteiger charge is 2.56. The van der Waals surface area contributed by atoms with Gasteiger partial charge in [0.2, 0.25) is 0 Å². The first-order chi connectivity index (χ1) is 6.91. The van der Waals surface area contributed by atoms with E-state index in [-0.39, 0.29) is 11.6 Å². The summed E-state index contributed by atoms with van der Waals surface area (Å²) in [6.07, 6.45) is 1.85. The lowest BCUT2D eigenvalue weighted by molar-refractivity contribution is 0.0484. The molecule has 2 N–H and O–H groups in total. The summed E-state index contributed by atoms with van der Waals surface area (Å²) in [5, 5.41) is 6.36. The molecule has 0 unspecified atom stereocenters. The Bertz CT molecular complexity index is 272. The number of hydrogen-bond acceptors (Lipinski definition) is 3. The van der Waals surface area contributed by atoms with E-state index in [4.69, 9.17) is 4.74 Å². The quantitative estimate of drug-likeness (QED) is 0.688. The molecule has 2 rings (SSSR count). The van der Waals surface area contributed by atoms with Gasteiger partial charge < -0.3 is 15.4 Å². The van der Waals surface area contributed by atoms with Crippen molar-refractivity contribution >= 4 is 6.09 Å². The van der Waals surface area contributed by atoms with Gasteiger partial charge in [0, 0.05) is 12.1 Å². The van der Waals surface area contributed by atoms with Gasteiger partial charge in [-0.25, -0.2) is 4.79 Å². The number of fused-ring (bicyclic) bond motifs is 1. The summed E-state index contributed by atoms with van der Waals surface area (Å²) in [7, 11) is 0. The summed E-state index contributed by atoms with van der Waals surface area (Å²) in [5.74, 6) is 0.610. The van der Waals surface area contributed by atoms with Gasteiger partial charge in [0.25, 0.3) is 0 Å². The van der Waals surface area contributed by atoms with Crippen LogP contribution in [0, 0.1) is 5.92 Å². The molecule has 2 aliphatic rings. The number of piperidine rings is 1. The van der Waals surface area contributed by atoms with Gasteiger partial charge in [-0.15, -0.1) is 0 Å². The highest BCUT2D eigenvalue weighted by Crippen LogP contribution is 2.47. The summed E-state index contributed by atoms with van der Waals surface area (Å²) in [6, 6.07) is 0. The number of nitrogens with one attached hydrogen (secondary N) is 2. The minimum atomic E-state index is -0.405. The van der Waals surface area contributed by atoms with Crippen LogP contribution in [0.25, 0.3) is 0 Å². The van der Waals surface area contributed by atoms with Crippen molar-refractivity contribution in [1.29, 1.82) is 0 Å². The fourth-order valence-electron chi connectivity index (χ4n) is 2.26. The van der Waals surface area contributed by atoms with Crippen molar-refractivity contribution in [2.24, 2.45) is 5.92 Å². The van der Waals surface area contributed by atoms with Crippen molar-refractivity contribution in [3.05, 3.63) is 0 Å². The van der Waals surface area contributed by atoms with Crippen LogP contribution in [0.15, 0.2) is 0 Å². The minimum absolute atomic E-state index is 0.0492. The van der Waals surface area contributed by atoms with E-state index in [1.807, 2.05) is 20.8 Å². The Labute approximate surface area is 90.8 Å². The molecule has 0 aromatic heterocycles. The Hall–Kier alpha value is -0.770. The van der Waals surface area contributed by atoms with Crippen molar-refractivity contribution in [3.8, 4) is 0 Å². The summed E-state index contributed by atoms with van der Waals surface area (Å²) < 4.78 is 5.26. The highest BCUT2D eigenvalue weighted by atomic mass is 16.6. The molecule has 0 bridgehead atoms. The van der Waals surface area contributed by atoms with Crippen LogP contribution in [0.1, 0.15) is 33.6 Å². The van der Waals surface area contributed by atoms with Crippen LogP contribution in [-0.2, 0) is 4.74 Å².